The van der Waals surface area contributed by atoms with Crippen molar-refractivity contribution in [1.82, 2.24) is 0 Å². The zero-order valence-electron chi connectivity index (χ0n) is 10.4. The zero-order chi connectivity index (χ0) is 12.2. The Labute approximate surface area is 105 Å². The lowest BCUT2D eigenvalue weighted by atomic mass is 10.1. The highest BCUT2D eigenvalue weighted by atomic mass is 13.9. The van der Waals surface area contributed by atoms with Crippen molar-refractivity contribution in [3.8, 4) is 0 Å². The van der Waals surface area contributed by atoms with Crippen LogP contribution in [-0.2, 0) is 6.42 Å². The Kier molecular flexibility index (Phi) is 7.33. The molecule has 0 heteroatoms. The molecule has 0 radical (unpaired) electrons. The van der Waals surface area contributed by atoms with Crippen LogP contribution >= 0.6 is 0 Å². The Morgan fingerprint density at radius 3 is 1.29 bits per heavy atom. The van der Waals surface area contributed by atoms with Gasteiger partial charge in [-0.1, -0.05) is 92.2 Å². The molecule has 0 unspecified atom stereocenters. The Morgan fingerprint density at radius 1 is 0.588 bits per heavy atom. The first-order chi connectivity index (χ1) is 8.43. The summed E-state index contributed by atoms with van der Waals surface area (Å²) in [5.41, 5.74) is 1.36. The van der Waals surface area contributed by atoms with Gasteiger partial charge in [-0.15, -0.1) is 0 Å². The minimum Gasteiger partial charge on any atom is -0.0651 e. The minimum absolute atomic E-state index is 1.12. The van der Waals surface area contributed by atoms with E-state index in [4.69, 9.17) is 0 Å². The maximum absolute atomic E-state index is 2.20. The van der Waals surface area contributed by atoms with Gasteiger partial charge in [0.1, 0.15) is 0 Å². The molecule has 0 nitrogen and oxygen atoms in total. The fourth-order valence-corrected chi connectivity index (χ4v) is 1.45. The second-order valence-corrected chi connectivity index (χ2v) is 3.78. The van der Waals surface area contributed by atoms with Crippen molar-refractivity contribution in [3.05, 3.63) is 84.4 Å². The van der Waals surface area contributed by atoms with Gasteiger partial charge in [0.2, 0.25) is 0 Å². The van der Waals surface area contributed by atoms with E-state index in [-0.39, 0.29) is 0 Å². The van der Waals surface area contributed by atoms with E-state index >= 15 is 0 Å². The second kappa shape index (κ2) is 9.41. The van der Waals surface area contributed by atoms with Crippen molar-refractivity contribution in [3.63, 3.8) is 0 Å². The zero-order valence-corrected chi connectivity index (χ0v) is 10.4. The fourth-order valence-electron chi connectivity index (χ4n) is 1.45. The van der Waals surface area contributed by atoms with Gasteiger partial charge in [0.15, 0.2) is 0 Å². The molecule has 0 aliphatic rings. The highest BCUT2D eigenvalue weighted by molar-refractivity contribution is 5.11. The summed E-state index contributed by atoms with van der Waals surface area (Å²) in [7, 11) is 0. The molecule has 0 saturated carbocycles. The highest BCUT2D eigenvalue weighted by Crippen LogP contribution is 1.98. The first-order valence-corrected chi connectivity index (χ1v) is 6.14. The predicted octanol–water partition coefficient (Wildman–Crippen LogP) is 4.89. The molecule has 0 aromatic heterocycles. The first kappa shape index (κ1) is 13.2. The Morgan fingerprint density at radius 2 is 0.941 bits per heavy atom. The molecular formula is C17H20. The first-order valence-electron chi connectivity index (χ1n) is 6.14. The molecule has 0 heterocycles. The highest BCUT2D eigenvalue weighted by Gasteiger charge is 1.82. The van der Waals surface area contributed by atoms with Gasteiger partial charge in [0.25, 0.3) is 0 Å². The van der Waals surface area contributed by atoms with Crippen LogP contribution in [0.5, 0.6) is 0 Å². The van der Waals surface area contributed by atoms with Crippen molar-refractivity contribution < 1.29 is 0 Å². The number of aryl methyl sites for hydroxylation is 1. The number of rotatable bonds is 2. The summed E-state index contributed by atoms with van der Waals surface area (Å²) >= 11 is 0. The predicted molar refractivity (Wildman–Crippen MR) is 75.7 cm³/mol. The van der Waals surface area contributed by atoms with Crippen LogP contribution in [0.3, 0.4) is 0 Å². The van der Waals surface area contributed by atoms with E-state index in [1.807, 2.05) is 42.5 Å². The second-order valence-electron chi connectivity index (χ2n) is 3.78. The van der Waals surface area contributed by atoms with Crippen LogP contribution in [-0.4, -0.2) is 0 Å². The lowest BCUT2D eigenvalue weighted by Crippen LogP contribution is -1.77. The van der Waals surface area contributed by atoms with Gasteiger partial charge in [-0.25, -0.2) is 0 Å². The quantitative estimate of drug-likeness (QED) is 0.671. The van der Waals surface area contributed by atoms with Crippen LogP contribution in [0.15, 0.2) is 78.9 Å². The molecule has 1 aromatic carbocycles. The minimum atomic E-state index is 1.12. The Bertz CT molecular complexity index is 383. The van der Waals surface area contributed by atoms with E-state index in [9.17, 15) is 0 Å². The topological polar surface area (TPSA) is 0 Å². The van der Waals surface area contributed by atoms with Gasteiger partial charge < -0.3 is 0 Å². The molecule has 0 amide bonds. The van der Waals surface area contributed by atoms with E-state index in [1.54, 1.807) is 0 Å². The molecule has 0 bridgehead atoms. The van der Waals surface area contributed by atoms with E-state index in [2.05, 4.69) is 43.3 Å². The molecule has 1 rings (SSSR count). The summed E-state index contributed by atoms with van der Waals surface area (Å²) in [6.07, 6.45) is 2.29. The fraction of sp³-hybridized carbons (Fsp3) is 0.176. The monoisotopic (exact) mass is 224 g/mol. The largest absolute Gasteiger partial charge is 0.0651 e. The Hall–Kier alpha value is -1.82. The third-order valence-corrected chi connectivity index (χ3v) is 2.27. The van der Waals surface area contributed by atoms with Crippen molar-refractivity contribution in [2.45, 2.75) is 19.8 Å². The average Bonchev–Trinajstić information content (AvgIpc) is 2.34. The van der Waals surface area contributed by atoms with E-state index < -0.39 is 0 Å². The lowest BCUT2D eigenvalue weighted by Gasteiger charge is -1.91. The number of hydrogen-bond acceptors (Lipinski definition) is 0. The normalized spacial score (nSPS) is 8.76. The van der Waals surface area contributed by atoms with E-state index in [0.29, 0.717) is 0 Å². The molecule has 0 aliphatic heterocycles. The van der Waals surface area contributed by atoms with Gasteiger partial charge in [-0.2, -0.15) is 0 Å². The van der Waals surface area contributed by atoms with Crippen LogP contribution in [0, 0.1) is 0 Å². The third kappa shape index (κ3) is 7.13. The van der Waals surface area contributed by atoms with Gasteiger partial charge in [0, 0.05) is 0 Å². The summed E-state index contributed by atoms with van der Waals surface area (Å²) in [5.74, 6) is 0. The van der Waals surface area contributed by atoms with Crippen LogP contribution in [0.25, 0.3) is 0 Å². The van der Waals surface area contributed by atoms with Gasteiger partial charge in [-0.05, 0) is 12.0 Å². The van der Waals surface area contributed by atoms with Crippen molar-refractivity contribution in [1.29, 1.82) is 0 Å². The summed E-state index contributed by atoms with van der Waals surface area (Å²) in [4.78, 5) is 0. The molecule has 0 aliphatic carbocycles. The standard InChI is InChI=1S/C17H20/c1-2-14-17-15-12-10-8-6-4-3-5-7-9-11-13-16-17/h3-13,15-16H,2,14H2,1H3. The molecule has 1 aromatic rings. The molecule has 0 N–H and O–H groups in total. The molecule has 0 fully saturated rings. The molecule has 0 saturated heterocycles. The molecule has 17 heavy (non-hydrogen) atoms. The number of hydrogen-bond donors (Lipinski definition) is 0. The summed E-state index contributed by atoms with van der Waals surface area (Å²) in [6.45, 7) is 2.20. The average molecular weight is 224 g/mol. The SMILES string of the molecule is CCCc1ccccccccccccc1. The van der Waals surface area contributed by atoms with Gasteiger partial charge in [0.05, 0.1) is 0 Å². The molecule has 0 spiro atoms. The van der Waals surface area contributed by atoms with Crippen LogP contribution in [0.2, 0.25) is 0 Å². The van der Waals surface area contributed by atoms with Crippen molar-refractivity contribution >= 4 is 0 Å². The summed E-state index contributed by atoms with van der Waals surface area (Å²) in [6, 6.07) is 26.8. The molecular weight excluding hydrogens is 204 g/mol. The van der Waals surface area contributed by atoms with Gasteiger partial charge >= 0.3 is 0 Å². The van der Waals surface area contributed by atoms with Gasteiger partial charge in [-0.3, -0.25) is 0 Å². The van der Waals surface area contributed by atoms with Crippen LogP contribution in [0.1, 0.15) is 18.9 Å². The smallest absolute Gasteiger partial charge is 0.0281 e. The summed E-state index contributed by atoms with van der Waals surface area (Å²) < 4.78 is 0. The lowest BCUT2D eigenvalue weighted by molar-refractivity contribution is 0.923. The third-order valence-electron chi connectivity index (χ3n) is 2.27. The van der Waals surface area contributed by atoms with E-state index in [1.165, 1.54) is 12.0 Å². The Balaban J connectivity index is 3.09. The van der Waals surface area contributed by atoms with Crippen molar-refractivity contribution in [2.24, 2.45) is 0 Å². The van der Waals surface area contributed by atoms with E-state index in [0.717, 1.165) is 6.42 Å². The van der Waals surface area contributed by atoms with Crippen LogP contribution < -0.4 is 0 Å². The molecule has 0 atom stereocenters. The van der Waals surface area contributed by atoms with Crippen LogP contribution in [0.4, 0.5) is 0 Å². The molecule has 88 valence electrons. The maximum atomic E-state index is 2.20. The maximum Gasteiger partial charge on any atom is -0.0281 e. The van der Waals surface area contributed by atoms with Crippen molar-refractivity contribution in [2.75, 3.05) is 0 Å². The summed E-state index contributed by atoms with van der Waals surface area (Å²) in [5, 5.41) is 0.